The van der Waals surface area contributed by atoms with E-state index in [1.54, 1.807) is 19.2 Å². The van der Waals surface area contributed by atoms with E-state index in [0.717, 1.165) is 17.5 Å². The van der Waals surface area contributed by atoms with E-state index < -0.39 is 34.6 Å². The summed E-state index contributed by atoms with van der Waals surface area (Å²) in [5.74, 6) is -1.14. The summed E-state index contributed by atoms with van der Waals surface area (Å²) in [6.45, 7) is 5.08. The van der Waals surface area contributed by atoms with Crippen LogP contribution in [0.1, 0.15) is 38.8 Å². The maximum absolute atomic E-state index is 13.1. The van der Waals surface area contributed by atoms with Crippen molar-refractivity contribution in [3.05, 3.63) is 74.7 Å². The van der Waals surface area contributed by atoms with Gasteiger partial charge in [-0.25, -0.2) is 9.97 Å². The van der Waals surface area contributed by atoms with Crippen LogP contribution in [0.25, 0.3) is 0 Å². The van der Waals surface area contributed by atoms with Gasteiger partial charge in [0.15, 0.2) is 0 Å². The minimum Gasteiger partial charge on any atom is -0.495 e. The molecule has 3 aromatic heterocycles. The number of nitrogens with one attached hydrogen (secondary N) is 2. The standard InChI is InChI=1S/C24H21ClF3N7O3S/c1-12(34-21(36)18(30-3)7-17(29-2)13-5-14(38-4)9-31-8-13)23-33-11-19(39-23)22(37)35-20-6-15(24(26,27)28)16(25)10-32-20/h5-12H,3H2,1-2,4H3,(H,34,36)(H,32,35,37)/b18-7-,29-17+. The van der Waals surface area contributed by atoms with Crippen molar-refractivity contribution in [3.63, 3.8) is 0 Å². The fraction of sp³-hybridized carbons (Fsp3) is 0.208. The second-order valence-corrected chi connectivity index (χ2v) is 9.14. The lowest BCUT2D eigenvalue weighted by molar-refractivity contribution is -0.137. The highest BCUT2D eigenvalue weighted by Crippen LogP contribution is 2.35. The van der Waals surface area contributed by atoms with Gasteiger partial charge in [-0.2, -0.15) is 13.2 Å². The quantitative estimate of drug-likeness (QED) is 0.278. The van der Waals surface area contributed by atoms with Crippen molar-refractivity contribution in [1.82, 2.24) is 20.3 Å². The van der Waals surface area contributed by atoms with Gasteiger partial charge in [-0.15, -0.1) is 11.3 Å². The Kier molecular flexibility index (Phi) is 9.48. The number of halogens is 4. The van der Waals surface area contributed by atoms with Crippen molar-refractivity contribution in [2.45, 2.75) is 19.1 Å². The van der Waals surface area contributed by atoms with Crippen molar-refractivity contribution in [2.75, 3.05) is 19.5 Å². The van der Waals surface area contributed by atoms with Crippen LogP contribution in [0.15, 0.2) is 58.7 Å². The Labute approximate surface area is 229 Å². The molecule has 0 saturated carbocycles. The molecule has 0 saturated heterocycles. The van der Waals surface area contributed by atoms with Crippen molar-refractivity contribution < 1.29 is 27.5 Å². The van der Waals surface area contributed by atoms with Gasteiger partial charge in [0.05, 0.1) is 41.8 Å². The lowest BCUT2D eigenvalue weighted by atomic mass is 10.1. The average Bonchev–Trinajstić information content (AvgIpc) is 3.40. The van der Waals surface area contributed by atoms with Gasteiger partial charge < -0.3 is 15.4 Å². The van der Waals surface area contributed by atoms with Crippen LogP contribution < -0.4 is 15.4 Å². The van der Waals surface area contributed by atoms with Crippen LogP contribution in [-0.4, -0.2) is 53.4 Å². The first-order valence-corrected chi connectivity index (χ1v) is 12.1. The predicted molar refractivity (Wildman–Crippen MR) is 142 cm³/mol. The Hall–Kier alpha value is -4.17. The van der Waals surface area contributed by atoms with Crippen LogP contribution in [0.4, 0.5) is 19.0 Å². The molecule has 0 aliphatic carbocycles. The molecule has 3 rings (SSSR count). The first kappa shape index (κ1) is 29.4. The monoisotopic (exact) mass is 579 g/mol. The summed E-state index contributed by atoms with van der Waals surface area (Å²) >= 11 is 6.50. The number of hydrogen-bond acceptors (Lipinski definition) is 9. The molecule has 0 fully saturated rings. The van der Waals surface area contributed by atoms with E-state index in [1.165, 1.54) is 32.6 Å². The number of pyridine rings is 2. The number of ether oxygens (including phenoxy) is 1. The number of aromatic nitrogens is 3. The molecule has 0 aromatic carbocycles. The van der Waals surface area contributed by atoms with E-state index in [9.17, 15) is 22.8 Å². The number of carbonyl (C=O) groups excluding carboxylic acids is 2. The Morgan fingerprint density at radius 2 is 1.95 bits per heavy atom. The van der Waals surface area contributed by atoms with Crippen LogP contribution in [0.2, 0.25) is 5.02 Å². The third-order valence-electron chi connectivity index (χ3n) is 5.03. The molecule has 3 heterocycles. The van der Waals surface area contributed by atoms with Crippen LogP contribution in [0.3, 0.4) is 0 Å². The molecule has 10 nitrogen and oxygen atoms in total. The van der Waals surface area contributed by atoms with Gasteiger partial charge in [0, 0.05) is 25.0 Å². The van der Waals surface area contributed by atoms with Crippen molar-refractivity contribution in [2.24, 2.45) is 9.98 Å². The summed E-state index contributed by atoms with van der Waals surface area (Å²) in [5.41, 5.74) is -0.167. The van der Waals surface area contributed by atoms with Crippen LogP contribution in [0.5, 0.6) is 5.75 Å². The summed E-state index contributed by atoms with van der Waals surface area (Å²) in [4.78, 5) is 45.4. The lowest BCUT2D eigenvalue weighted by Crippen LogP contribution is -2.27. The molecule has 0 bridgehead atoms. The topological polar surface area (TPSA) is 131 Å². The molecule has 0 aliphatic rings. The van der Waals surface area contributed by atoms with Crippen LogP contribution in [-0.2, 0) is 11.0 Å². The third-order valence-corrected chi connectivity index (χ3v) is 6.51. The zero-order valence-electron chi connectivity index (χ0n) is 20.7. The number of hydrogen-bond donors (Lipinski definition) is 2. The highest BCUT2D eigenvalue weighted by atomic mass is 35.5. The van der Waals surface area contributed by atoms with E-state index in [-0.39, 0.29) is 16.4 Å². The number of anilines is 1. The lowest BCUT2D eigenvalue weighted by Gasteiger charge is -2.12. The number of carbonyl (C=O) groups is 2. The Morgan fingerprint density at radius 3 is 2.59 bits per heavy atom. The minimum absolute atomic E-state index is 0.0333. The fourth-order valence-corrected chi connectivity index (χ4v) is 4.11. The van der Waals surface area contributed by atoms with Crippen LogP contribution in [0, 0.1) is 0 Å². The molecule has 0 aliphatic heterocycles. The molecular formula is C24H21ClF3N7O3S. The smallest absolute Gasteiger partial charge is 0.418 e. The van der Waals surface area contributed by atoms with Crippen molar-refractivity contribution in [1.29, 1.82) is 0 Å². The second kappa shape index (κ2) is 12.6. The maximum Gasteiger partial charge on any atom is 0.418 e. The fourth-order valence-electron chi connectivity index (χ4n) is 3.09. The van der Waals surface area contributed by atoms with Gasteiger partial charge in [-0.05, 0) is 31.9 Å². The van der Waals surface area contributed by atoms with Gasteiger partial charge in [-0.3, -0.25) is 24.6 Å². The first-order chi connectivity index (χ1) is 18.5. The van der Waals surface area contributed by atoms with E-state index in [1.807, 2.05) is 0 Å². The van der Waals surface area contributed by atoms with E-state index >= 15 is 0 Å². The molecule has 204 valence electrons. The molecule has 1 unspecified atom stereocenters. The van der Waals surface area contributed by atoms with Gasteiger partial charge in [0.1, 0.15) is 27.1 Å². The Morgan fingerprint density at radius 1 is 1.21 bits per heavy atom. The molecule has 0 radical (unpaired) electrons. The van der Waals surface area contributed by atoms with Crippen LogP contribution >= 0.6 is 22.9 Å². The number of thiazole rings is 1. The SMILES string of the molecule is C=N/C(=C\C(=N/C)c1cncc(OC)c1)C(=O)NC(C)c1ncc(C(=O)Nc2cc(C(F)(F)F)c(Cl)cn2)s1. The Balaban J connectivity index is 1.71. The number of aliphatic imine (C=N–C) groups is 2. The van der Waals surface area contributed by atoms with Gasteiger partial charge in [0.2, 0.25) is 0 Å². The number of amides is 2. The zero-order chi connectivity index (χ0) is 28.7. The summed E-state index contributed by atoms with van der Waals surface area (Å²) in [6.07, 6.45) is 1.82. The molecule has 0 spiro atoms. The molecular weight excluding hydrogens is 559 g/mol. The van der Waals surface area contributed by atoms with Gasteiger partial charge in [0.25, 0.3) is 11.8 Å². The number of rotatable bonds is 9. The summed E-state index contributed by atoms with van der Waals surface area (Å²) < 4.78 is 44.4. The third kappa shape index (κ3) is 7.45. The molecule has 1 atom stereocenters. The van der Waals surface area contributed by atoms with Gasteiger partial charge >= 0.3 is 6.18 Å². The predicted octanol–water partition coefficient (Wildman–Crippen LogP) is 4.75. The molecule has 2 amide bonds. The molecule has 15 heteroatoms. The van der Waals surface area contributed by atoms with E-state index in [0.29, 0.717) is 28.1 Å². The second-order valence-electron chi connectivity index (χ2n) is 7.67. The number of alkyl halides is 3. The van der Waals surface area contributed by atoms with Crippen molar-refractivity contribution in [3.8, 4) is 5.75 Å². The van der Waals surface area contributed by atoms with E-state index in [2.05, 4.69) is 42.3 Å². The zero-order valence-corrected chi connectivity index (χ0v) is 22.3. The normalized spacial score (nSPS) is 13.0. The highest BCUT2D eigenvalue weighted by molar-refractivity contribution is 7.13. The average molecular weight is 580 g/mol. The van der Waals surface area contributed by atoms with Gasteiger partial charge in [-0.1, -0.05) is 11.6 Å². The highest BCUT2D eigenvalue weighted by Gasteiger charge is 2.34. The van der Waals surface area contributed by atoms with E-state index in [4.69, 9.17) is 16.3 Å². The molecule has 2 N–H and O–H groups in total. The maximum atomic E-state index is 13.1. The van der Waals surface area contributed by atoms with Crippen molar-refractivity contribution >= 4 is 53.0 Å². The summed E-state index contributed by atoms with van der Waals surface area (Å²) in [7, 11) is 3.04. The minimum atomic E-state index is -4.72. The number of methoxy groups -OCH3 is 1. The molecule has 39 heavy (non-hydrogen) atoms. The number of nitrogens with zero attached hydrogens (tertiary/aromatic N) is 5. The Bertz CT molecular complexity index is 1460. The molecule has 3 aromatic rings. The largest absolute Gasteiger partial charge is 0.495 e. The first-order valence-electron chi connectivity index (χ1n) is 10.9. The summed E-state index contributed by atoms with van der Waals surface area (Å²) in [5, 5.41) is 4.76. The number of allylic oxidation sites excluding steroid dienone is 1. The summed E-state index contributed by atoms with van der Waals surface area (Å²) in [6, 6.07) is 1.68.